The fourth-order valence-electron chi connectivity index (χ4n) is 2.30. The molecule has 2 rings (SSSR count). The molecule has 0 saturated carbocycles. The molecule has 0 atom stereocenters. The summed E-state index contributed by atoms with van der Waals surface area (Å²) < 4.78 is 0. The summed E-state index contributed by atoms with van der Waals surface area (Å²) in [6, 6.07) is 2.02. The van der Waals surface area contributed by atoms with E-state index in [1.54, 1.807) is 6.20 Å². The van der Waals surface area contributed by atoms with Gasteiger partial charge in [-0.3, -0.25) is 0 Å². The summed E-state index contributed by atoms with van der Waals surface area (Å²) in [6.45, 7) is 7.73. The van der Waals surface area contributed by atoms with Crippen molar-refractivity contribution in [3.63, 3.8) is 0 Å². The zero-order chi connectivity index (χ0) is 13.2. The van der Waals surface area contributed by atoms with Crippen molar-refractivity contribution in [1.82, 2.24) is 9.88 Å². The molecule has 1 fully saturated rings. The molecule has 0 radical (unpaired) electrons. The molecule has 0 bridgehead atoms. The largest absolute Gasteiger partial charge is 0.397 e. The second kappa shape index (κ2) is 5.14. The molecular formula is C14H24N4. The number of pyridine rings is 1. The Labute approximate surface area is 110 Å². The van der Waals surface area contributed by atoms with Crippen molar-refractivity contribution in [3.8, 4) is 0 Å². The van der Waals surface area contributed by atoms with Crippen molar-refractivity contribution >= 4 is 11.5 Å². The van der Waals surface area contributed by atoms with E-state index in [1.807, 2.05) is 13.0 Å². The number of rotatable bonds is 3. The number of aryl methyl sites for hydroxylation is 1. The lowest BCUT2D eigenvalue weighted by Gasteiger charge is -2.38. The molecule has 100 valence electrons. The van der Waals surface area contributed by atoms with Gasteiger partial charge in [-0.1, -0.05) is 6.92 Å². The highest BCUT2D eigenvalue weighted by atomic mass is 15.1. The van der Waals surface area contributed by atoms with E-state index >= 15 is 0 Å². The maximum absolute atomic E-state index is 5.77. The van der Waals surface area contributed by atoms with Gasteiger partial charge in [-0.05, 0) is 56.9 Å². The van der Waals surface area contributed by atoms with Crippen LogP contribution in [0.5, 0.6) is 0 Å². The van der Waals surface area contributed by atoms with Gasteiger partial charge in [0, 0.05) is 6.54 Å². The smallest absolute Gasteiger partial charge is 0.126 e. The van der Waals surface area contributed by atoms with Gasteiger partial charge in [0.2, 0.25) is 0 Å². The van der Waals surface area contributed by atoms with Gasteiger partial charge in [-0.15, -0.1) is 0 Å². The number of aromatic nitrogens is 1. The second-order valence-electron chi connectivity index (χ2n) is 5.89. The molecule has 1 aromatic heterocycles. The quantitative estimate of drug-likeness (QED) is 0.860. The van der Waals surface area contributed by atoms with Crippen molar-refractivity contribution in [1.29, 1.82) is 0 Å². The maximum Gasteiger partial charge on any atom is 0.126 e. The van der Waals surface area contributed by atoms with Crippen molar-refractivity contribution in [3.05, 3.63) is 17.8 Å². The van der Waals surface area contributed by atoms with Crippen LogP contribution in [-0.2, 0) is 0 Å². The molecule has 4 heteroatoms. The van der Waals surface area contributed by atoms with Crippen LogP contribution in [0.3, 0.4) is 0 Å². The van der Waals surface area contributed by atoms with Crippen LogP contribution in [0.15, 0.2) is 12.3 Å². The molecule has 2 heterocycles. The Morgan fingerprint density at radius 1 is 1.44 bits per heavy atom. The molecule has 0 amide bonds. The van der Waals surface area contributed by atoms with E-state index in [0.29, 0.717) is 5.41 Å². The number of likely N-dealkylation sites (tertiary alicyclic amines) is 1. The van der Waals surface area contributed by atoms with Gasteiger partial charge in [0.15, 0.2) is 0 Å². The lowest BCUT2D eigenvalue weighted by molar-refractivity contribution is 0.150. The molecule has 1 aliphatic heterocycles. The van der Waals surface area contributed by atoms with Gasteiger partial charge in [-0.2, -0.15) is 0 Å². The highest BCUT2D eigenvalue weighted by molar-refractivity contribution is 5.50. The molecule has 0 aromatic carbocycles. The van der Waals surface area contributed by atoms with Gasteiger partial charge in [0.05, 0.1) is 11.9 Å². The minimum Gasteiger partial charge on any atom is -0.397 e. The van der Waals surface area contributed by atoms with Crippen LogP contribution in [-0.4, -0.2) is 36.6 Å². The van der Waals surface area contributed by atoms with Crippen LogP contribution in [0.2, 0.25) is 0 Å². The monoisotopic (exact) mass is 248 g/mol. The predicted molar refractivity (Wildman–Crippen MR) is 76.7 cm³/mol. The van der Waals surface area contributed by atoms with Gasteiger partial charge < -0.3 is 16.0 Å². The second-order valence-corrected chi connectivity index (χ2v) is 5.89. The molecule has 3 N–H and O–H groups in total. The Kier molecular flexibility index (Phi) is 3.76. The minimum absolute atomic E-state index is 0.378. The van der Waals surface area contributed by atoms with E-state index in [0.717, 1.165) is 23.6 Å². The number of hydrogen-bond donors (Lipinski definition) is 2. The number of anilines is 2. The Bertz CT molecular complexity index is 408. The highest BCUT2D eigenvalue weighted by Gasteiger charge is 2.28. The Morgan fingerprint density at radius 2 is 2.11 bits per heavy atom. The average Bonchev–Trinajstić information content (AvgIpc) is 2.35. The first-order valence-electron chi connectivity index (χ1n) is 6.63. The third kappa shape index (κ3) is 3.13. The molecular weight excluding hydrogens is 224 g/mol. The zero-order valence-corrected chi connectivity index (χ0v) is 11.7. The third-order valence-electron chi connectivity index (χ3n) is 4.04. The van der Waals surface area contributed by atoms with E-state index in [1.165, 1.54) is 25.9 Å². The first kappa shape index (κ1) is 13.1. The molecule has 18 heavy (non-hydrogen) atoms. The van der Waals surface area contributed by atoms with Gasteiger partial charge in [0.25, 0.3) is 0 Å². The summed E-state index contributed by atoms with van der Waals surface area (Å²) in [5.74, 6) is 0.932. The van der Waals surface area contributed by atoms with E-state index in [9.17, 15) is 0 Å². The SMILES string of the molecule is Cc1cc(NCC2(C)CCN(C)CC2)ncc1N. The summed E-state index contributed by atoms with van der Waals surface area (Å²) in [4.78, 5) is 6.72. The van der Waals surface area contributed by atoms with E-state index in [2.05, 4.69) is 29.2 Å². The van der Waals surface area contributed by atoms with Gasteiger partial charge in [-0.25, -0.2) is 4.98 Å². The first-order chi connectivity index (χ1) is 8.48. The van der Waals surface area contributed by atoms with Crippen LogP contribution in [0, 0.1) is 12.3 Å². The third-order valence-corrected chi connectivity index (χ3v) is 4.04. The zero-order valence-electron chi connectivity index (χ0n) is 11.7. The van der Waals surface area contributed by atoms with Gasteiger partial charge >= 0.3 is 0 Å². The van der Waals surface area contributed by atoms with Crippen LogP contribution >= 0.6 is 0 Å². The highest BCUT2D eigenvalue weighted by Crippen LogP contribution is 2.30. The lowest BCUT2D eigenvalue weighted by atomic mass is 9.80. The van der Waals surface area contributed by atoms with Gasteiger partial charge in [0.1, 0.15) is 5.82 Å². The molecule has 1 aliphatic rings. The Hall–Kier alpha value is -1.29. The van der Waals surface area contributed by atoms with Crippen molar-refractivity contribution in [2.45, 2.75) is 26.7 Å². The first-order valence-corrected chi connectivity index (χ1v) is 6.63. The van der Waals surface area contributed by atoms with E-state index < -0.39 is 0 Å². The van der Waals surface area contributed by atoms with E-state index in [4.69, 9.17) is 5.73 Å². The van der Waals surface area contributed by atoms with Crippen molar-refractivity contribution < 1.29 is 0 Å². The summed E-state index contributed by atoms with van der Waals surface area (Å²) in [6.07, 6.45) is 4.21. The van der Waals surface area contributed by atoms with Crippen LogP contribution in [0.1, 0.15) is 25.3 Å². The number of piperidine rings is 1. The van der Waals surface area contributed by atoms with E-state index in [-0.39, 0.29) is 0 Å². The molecule has 4 nitrogen and oxygen atoms in total. The minimum atomic E-state index is 0.378. The summed E-state index contributed by atoms with van der Waals surface area (Å²) >= 11 is 0. The average molecular weight is 248 g/mol. The number of nitrogens with two attached hydrogens (primary N) is 1. The standard InChI is InChI=1S/C14H24N4/c1-11-8-13(16-9-12(11)15)17-10-14(2)4-6-18(3)7-5-14/h8-9H,4-7,10,15H2,1-3H3,(H,16,17). The number of nitrogens with one attached hydrogen (secondary N) is 1. The van der Waals surface area contributed by atoms with Crippen molar-refractivity contribution in [2.75, 3.05) is 37.7 Å². The maximum atomic E-state index is 5.77. The van der Waals surface area contributed by atoms with Crippen molar-refractivity contribution in [2.24, 2.45) is 5.41 Å². The Morgan fingerprint density at radius 3 is 2.72 bits per heavy atom. The molecule has 0 unspecified atom stereocenters. The topological polar surface area (TPSA) is 54.2 Å². The number of nitrogen functional groups attached to an aromatic ring is 1. The predicted octanol–water partition coefficient (Wildman–Crippen LogP) is 2.12. The van der Waals surface area contributed by atoms with Crippen LogP contribution in [0.4, 0.5) is 11.5 Å². The fraction of sp³-hybridized carbons (Fsp3) is 0.643. The summed E-state index contributed by atoms with van der Waals surface area (Å²) in [5, 5.41) is 3.45. The normalized spacial score (nSPS) is 19.7. The summed E-state index contributed by atoms with van der Waals surface area (Å²) in [5.41, 5.74) is 7.99. The molecule has 0 aliphatic carbocycles. The number of hydrogen-bond acceptors (Lipinski definition) is 4. The molecule has 0 spiro atoms. The van der Waals surface area contributed by atoms with Crippen LogP contribution in [0.25, 0.3) is 0 Å². The Balaban J connectivity index is 1.92. The number of nitrogens with zero attached hydrogens (tertiary/aromatic N) is 2. The van der Waals surface area contributed by atoms with Crippen LogP contribution < -0.4 is 11.1 Å². The molecule has 1 saturated heterocycles. The molecule has 1 aromatic rings. The fourth-order valence-corrected chi connectivity index (χ4v) is 2.30. The lowest BCUT2D eigenvalue weighted by Crippen LogP contribution is -2.40. The summed E-state index contributed by atoms with van der Waals surface area (Å²) in [7, 11) is 2.19.